The van der Waals surface area contributed by atoms with Gasteiger partial charge in [-0.05, 0) is 20.8 Å². The van der Waals surface area contributed by atoms with Crippen molar-refractivity contribution < 1.29 is 0 Å². The van der Waals surface area contributed by atoms with Crippen molar-refractivity contribution in [2.45, 2.75) is 13.8 Å². The molecule has 0 spiro atoms. The molecule has 0 aromatic carbocycles. The smallest absolute Gasteiger partial charge is 0.0280 e. The second kappa shape index (κ2) is 2.62. The maximum atomic E-state index is 3.72. The zero-order valence-electron chi connectivity index (χ0n) is 4.99. The second-order valence-corrected chi connectivity index (χ2v) is 1.67. The van der Waals surface area contributed by atoms with Crippen LogP contribution in [0.4, 0.5) is 0 Å². The summed E-state index contributed by atoms with van der Waals surface area (Å²) in [7, 11) is 0. The van der Waals surface area contributed by atoms with Crippen LogP contribution in [0.5, 0.6) is 0 Å². The van der Waals surface area contributed by atoms with E-state index in [0.29, 0.717) is 0 Å². The van der Waals surface area contributed by atoms with Crippen molar-refractivity contribution in [1.29, 1.82) is 0 Å². The average Bonchev–Trinajstić information content (AvgIpc) is 1.65. The topological polar surface area (TPSA) is 0 Å². The first-order valence-corrected chi connectivity index (χ1v) is 2.30. The Hall–Kier alpha value is -0.520. The van der Waals surface area contributed by atoms with Crippen LogP contribution < -0.4 is 0 Å². The Morgan fingerprint density at radius 2 is 1.86 bits per heavy atom. The SMILES string of the molecule is [CH2]/C(C)=C(\C)C=C. The summed E-state index contributed by atoms with van der Waals surface area (Å²) in [4.78, 5) is 0. The van der Waals surface area contributed by atoms with Gasteiger partial charge in [0, 0.05) is 0 Å². The highest BCUT2D eigenvalue weighted by Crippen LogP contribution is 1.99. The van der Waals surface area contributed by atoms with E-state index in [1.165, 1.54) is 5.57 Å². The third-order valence-electron chi connectivity index (χ3n) is 0.979. The molecule has 0 saturated carbocycles. The van der Waals surface area contributed by atoms with Crippen LogP contribution in [0, 0.1) is 6.92 Å². The Balaban J connectivity index is 3.98. The Labute approximate surface area is 45.5 Å². The molecule has 0 rings (SSSR count). The molecule has 0 aliphatic carbocycles. The molecule has 39 valence electrons. The third kappa shape index (κ3) is 2.21. The molecule has 0 aromatic heterocycles. The Bertz CT molecular complexity index is 92.6. The molecule has 0 aliphatic rings. The molecular weight excluding hydrogens is 84.1 g/mol. The van der Waals surface area contributed by atoms with Gasteiger partial charge in [0.25, 0.3) is 0 Å². The van der Waals surface area contributed by atoms with Gasteiger partial charge in [-0.25, -0.2) is 0 Å². The molecule has 0 nitrogen and oxygen atoms in total. The molecule has 0 heterocycles. The van der Waals surface area contributed by atoms with Gasteiger partial charge >= 0.3 is 0 Å². The fraction of sp³-hybridized carbons (Fsp3) is 0.286. The molecule has 0 aliphatic heterocycles. The highest BCUT2D eigenvalue weighted by molar-refractivity contribution is 5.21. The van der Waals surface area contributed by atoms with Crippen molar-refractivity contribution in [2.24, 2.45) is 0 Å². The number of allylic oxidation sites excluding steroid dienone is 3. The zero-order valence-corrected chi connectivity index (χ0v) is 4.99. The summed E-state index contributed by atoms with van der Waals surface area (Å²) in [6, 6.07) is 0. The molecule has 0 N–H and O–H groups in total. The van der Waals surface area contributed by atoms with Crippen LogP contribution in [0.3, 0.4) is 0 Å². The van der Waals surface area contributed by atoms with Gasteiger partial charge in [0.05, 0.1) is 0 Å². The van der Waals surface area contributed by atoms with Gasteiger partial charge in [-0.1, -0.05) is 23.8 Å². The van der Waals surface area contributed by atoms with Crippen molar-refractivity contribution in [3.8, 4) is 0 Å². The Morgan fingerprint density at radius 1 is 1.43 bits per heavy atom. The summed E-state index contributed by atoms with van der Waals surface area (Å²) < 4.78 is 0. The van der Waals surface area contributed by atoms with Gasteiger partial charge in [-0.15, -0.1) is 0 Å². The van der Waals surface area contributed by atoms with Crippen molar-refractivity contribution >= 4 is 0 Å². The van der Waals surface area contributed by atoms with Gasteiger partial charge in [-0.3, -0.25) is 0 Å². The molecule has 0 fully saturated rings. The molecule has 0 aromatic rings. The average molecular weight is 95.2 g/mol. The summed E-state index contributed by atoms with van der Waals surface area (Å²) >= 11 is 0. The maximum Gasteiger partial charge on any atom is -0.0280 e. The first-order valence-electron chi connectivity index (χ1n) is 2.30. The van der Waals surface area contributed by atoms with E-state index >= 15 is 0 Å². The minimum Gasteiger partial charge on any atom is -0.0988 e. The first-order chi connectivity index (χ1) is 3.18. The molecule has 0 bridgehead atoms. The first kappa shape index (κ1) is 6.48. The van der Waals surface area contributed by atoms with E-state index in [9.17, 15) is 0 Å². The lowest BCUT2D eigenvalue weighted by Gasteiger charge is -1.90. The Morgan fingerprint density at radius 3 is 1.86 bits per heavy atom. The van der Waals surface area contributed by atoms with Crippen molar-refractivity contribution in [3.63, 3.8) is 0 Å². The predicted octanol–water partition coefficient (Wildman–Crippen LogP) is 2.34. The van der Waals surface area contributed by atoms with E-state index in [2.05, 4.69) is 13.5 Å². The molecule has 0 unspecified atom stereocenters. The van der Waals surface area contributed by atoms with Crippen molar-refractivity contribution in [1.82, 2.24) is 0 Å². The molecule has 0 saturated heterocycles. The highest BCUT2D eigenvalue weighted by atomic mass is 13.9. The maximum absolute atomic E-state index is 3.72. The Kier molecular flexibility index (Phi) is 2.42. The van der Waals surface area contributed by atoms with Crippen LogP contribution in [0.1, 0.15) is 13.8 Å². The lowest BCUT2D eigenvalue weighted by Crippen LogP contribution is -1.69. The summed E-state index contributed by atoms with van der Waals surface area (Å²) in [6.07, 6.45) is 1.81. The van der Waals surface area contributed by atoms with Crippen LogP contribution in [-0.4, -0.2) is 0 Å². The van der Waals surface area contributed by atoms with E-state index in [0.717, 1.165) is 5.57 Å². The monoisotopic (exact) mass is 95.1 g/mol. The van der Waals surface area contributed by atoms with E-state index in [4.69, 9.17) is 0 Å². The summed E-state index contributed by atoms with van der Waals surface area (Å²) in [5, 5.41) is 0. The number of hydrogen-bond acceptors (Lipinski definition) is 0. The van der Waals surface area contributed by atoms with E-state index < -0.39 is 0 Å². The highest BCUT2D eigenvalue weighted by Gasteiger charge is 1.79. The number of rotatable bonds is 1. The zero-order chi connectivity index (χ0) is 5.86. The van der Waals surface area contributed by atoms with Crippen molar-refractivity contribution in [2.75, 3.05) is 0 Å². The van der Waals surface area contributed by atoms with Gasteiger partial charge in [0.1, 0.15) is 0 Å². The molecule has 0 amide bonds. The standard InChI is InChI=1S/C7H11/c1-5-7(4)6(2)3/h5H,1-2H2,3-4H3/b7-6-. The van der Waals surface area contributed by atoms with Crippen molar-refractivity contribution in [3.05, 3.63) is 30.7 Å². The van der Waals surface area contributed by atoms with Crippen LogP contribution >= 0.6 is 0 Å². The fourth-order valence-electron chi connectivity index (χ4n) is 0.174. The summed E-state index contributed by atoms with van der Waals surface area (Å²) in [6.45, 7) is 11.3. The van der Waals surface area contributed by atoms with Gasteiger partial charge in [-0.2, -0.15) is 0 Å². The predicted molar refractivity (Wildman–Crippen MR) is 33.9 cm³/mol. The van der Waals surface area contributed by atoms with Gasteiger partial charge < -0.3 is 0 Å². The fourth-order valence-corrected chi connectivity index (χ4v) is 0.174. The normalized spacial score (nSPS) is 13.0. The van der Waals surface area contributed by atoms with Gasteiger partial charge in [0.2, 0.25) is 0 Å². The lowest BCUT2D eigenvalue weighted by molar-refractivity contribution is 1.38. The quantitative estimate of drug-likeness (QED) is 0.438. The lowest BCUT2D eigenvalue weighted by atomic mass is 10.2. The molecule has 0 atom stereocenters. The van der Waals surface area contributed by atoms with Crippen LogP contribution in [-0.2, 0) is 0 Å². The molecular formula is C7H11. The summed E-state index contributed by atoms with van der Waals surface area (Å²) in [5.41, 5.74) is 2.26. The second-order valence-electron chi connectivity index (χ2n) is 1.67. The molecule has 7 heavy (non-hydrogen) atoms. The minimum absolute atomic E-state index is 1.09. The van der Waals surface area contributed by atoms with E-state index in [1.807, 2.05) is 19.9 Å². The van der Waals surface area contributed by atoms with Crippen LogP contribution in [0.2, 0.25) is 0 Å². The van der Waals surface area contributed by atoms with Crippen LogP contribution in [0.25, 0.3) is 0 Å². The van der Waals surface area contributed by atoms with Crippen LogP contribution in [0.15, 0.2) is 23.8 Å². The van der Waals surface area contributed by atoms with E-state index in [-0.39, 0.29) is 0 Å². The minimum atomic E-state index is 1.09. The molecule has 0 heteroatoms. The number of hydrogen-bond donors (Lipinski definition) is 0. The third-order valence-corrected chi connectivity index (χ3v) is 0.979. The van der Waals surface area contributed by atoms with Gasteiger partial charge in [0.15, 0.2) is 0 Å². The summed E-state index contributed by atoms with van der Waals surface area (Å²) in [5.74, 6) is 0. The van der Waals surface area contributed by atoms with E-state index in [1.54, 1.807) is 0 Å². The largest absolute Gasteiger partial charge is 0.0988 e. The molecule has 1 radical (unpaired) electrons.